The maximum atomic E-state index is 13.4. The fourth-order valence-electron chi connectivity index (χ4n) is 1.81. The highest BCUT2D eigenvalue weighted by Crippen LogP contribution is 2.21. The summed E-state index contributed by atoms with van der Waals surface area (Å²) in [5.74, 6) is -0.221. The van der Waals surface area contributed by atoms with Gasteiger partial charge < -0.3 is 5.32 Å². The van der Waals surface area contributed by atoms with Crippen molar-refractivity contribution in [1.82, 2.24) is 5.32 Å². The molecule has 0 heterocycles. The molecule has 1 N–H and O–H groups in total. The fourth-order valence-corrected chi connectivity index (χ4v) is 2.21. The van der Waals surface area contributed by atoms with Crippen molar-refractivity contribution in [3.05, 3.63) is 69.9 Å². The van der Waals surface area contributed by atoms with E-state index >= 15 is 0 Å². The predicted octanol–water partition coefficient (Wildman–Crippen LogP) is 4.44. The van der Waals surface area contributed by atoms with Gasteiger partial charge in [-0.05, 0) is 40.0 Å². The van der Waals surface area contributed by atoms with Crippen LogP contribution in [0.15, 0.2) is 53.0 Å². The Morgan fingerprint density at radius 3 is 2.56 bits per heavy atom. The van der Waals surface area contributed by atoms with E-state index in [1.165, 1.54) is 11.6 Å². The lowest BCUT2D eigenvalue weighted by Gasteiger charge is -2.15. The van der Waals surface area contributed by atoms with Crippen molar-refractivity contribution < 1.29 is 4.39 Å². The summed E-state index contributed by atoms with van der Waals surface area (Å²) in [6.07, 6.45) is 0. The maximum Gasteiger partial charge on any atom is 0.137 e. The molecule has 18 heavy (non-hydrogen) atoms. The molecule has 0 spiro atoms. The van der Waals surface area contributed by atoms with Crippen LogP contribution in [0.1, 0.15) is 24.1 Å². The van der Waals surface area contributed by atoms with E-state index in [2.05, 4.69) is 40.3 Å². The van der Waals surface area contributed by atoms with E-state index in [9.17, 15) is 4.39 Å². The summed E-state index contributed by atoms with van der Waals surface area (Å²) in [5.41, 5.74) is 2.16. The van der Waals surface area contributed by atoms with Crippen LogP contribution in [0.25, 0.3) is 0 Å². The van der Waals surface area contributed by atoms with Gasteiger partial charge in [0.05, 0.1) is 4.47 Å². The highest BCUT2D eigenvalue weighted by molar-refractivity contribution is 9.10. The third-order valence-corrected chi connectivity index (χ3v) is 3.82. The highest BCUT2D eigenvalue weighted by Gasteiger charge is 2.07. The molecule has 0 aromatic heterocycles. The summed E-state index contributed by atoms with van der Waals surface area (Å²) >= 11 is 3.27. The van der Waals surface area contributed by atoms with E-state index in [0.717, 1.165) is 5.56 Å². The lowest BCUT2D eigenvalue weighted by Crippen LogP contribution is -2.18. The van der Waals surface area contributed by atoms with Gasteiger partial charge in [-0.1, -0.05) is 42.5 Å². The van der Waals surface area contributed by atoms with E-state index in [1.54, 1.807) is 6.07 Å². The van der Waals surface area contributed by atoms with Crippen LogP contribution < -0.4 is 5.32 Å². The van der Waals surface area contributed by atoms with Crippen molar-refractivity contribution in [3.8, 4) is 0 Å². The van der Waals surface area contributed by atoms with Gasteiger partial charge in [-0.3, -0.25) is 0 Å². The third kappa shape index (κ3) is 3.18. The molecular formula is C15H15BrFN. The Bertz CT molecular complexity index is 513. The summed E-state index contributed by atoms with van der Waals surface area (Å²) < 4.78 is 13.9. The van der Waals surface area contributed by atoms with Crippen LogP contribution in [0.4, 0.5) is 4.39 Å². The van der Waals surface area contributed by atoms with E-state index in [1.807, 2.05) is 24.3 Å². The first-order valence-corrected chi connectivity index (χ1v) is 6.69. The number of benzene rings is 2. The lowest BCUT2D eigenvalue weighted by atomic mass is 10.1. The zero-order valence-corrected chi connectivity index (χ0v) is 11.7. The van der Waals surface area contributed by atoms with Gasteiger partial charge in [-0.25, -0.2) is 4.39 Å². The van der Waals surface area contributed by atoms with E-state index in [-0.39, 0.29) is 11.9 Å². The topological polar surface area (TPSA) is 12.0 Å². The van der Waals surface area contributed by atoms with Gasteiger partial charge in [-0.2, -0.15) is 0 Å². The van der Waals surface area contributed by atoms with Crippen LogP contribution >= 0.6 is 15.9 Å². The second-order valence-electron chi connectivity index (χ2n) is 4.23. The molecule has 2 aromatic carbocycles. The zero-order chi connectivity index (χ0) is 13.0. The molecule has 0 bridgehead atoms. The first-order chi connectivity index (χ1) is 8.68. The van der Waals surface area contributed by atoms with Crippen molar-refractivity contribution in [1.29, 1.82) is 0 Å². The number of hydrogen-bond donors (Lipinski definition) is 1. The Hall–Kier alpha value is -1.19. The van der Waals surface area contributed by atoms with Gasteiger partial charge in [0.15, 0.2) is 0 Å². The maximum absolute atomic E-state index is 13.4. The van der Waals surface area contributed by atoms with Crippen LogP contribution in [-0.4, -0.2) is 0 Å². The van der Waals surface area contributed by atoms with Gasteiger partial charge >= 0.3 is 0 Å². The molecule has 0 saturated carbocycles. The SMILES string of the molecule is C[C@H](NCc1cccc(F)c1Br)c1ccccc1. The number of hydrogen-bond acceptors (Lipinski definition) is 1. The molecular weight excluding hydrogens is 293 g/mol. The molecule has 1 nitrogen and oxygen atoms in total. The standard InChI is InChI=1S/C15H15BrFN/c1-11(12-6-3-2-4-7-12)18-10-13-8-5-9-14(17)15(13)16/h2-9,11,18H,10H2,1H3/t11-/m0/s1. The minimum absolute atomic E-state index is 0.221. The fraction of sp³-hybridized carbons (Fsp3) is 0.200. The molecule has 94 valence electrons. The van der Waals surface area contributed by atoms with Gasteiger partial charge in [-0.15, -0.1) is 0 Å². The number of rotatable bonds is 4. The minimum Gasteiger partial charge on any atom is -0.306 e. The molecule has 2 aromatic rings. The molecule has 3 heteroatoms. The summed E-state index contributed by atoms with van der Waals surface area (Å²) in [5, 5.41) is 3.39. The second-order valence-corrected chi connectivity index (χ2v) is 5.02. The summed E-state index contributed by atoms with van der Waals surface area (Å²) in [6.45, 7) is 2.73. The van der Waals surface area contributed by atoms with Crippen molar-refractivity contribution in [2.75, 3.05) is 0 Å². The molecule has 0 radical (unpaired) electrons. The lowest BCUT2D eigenvalue weighted by molar-refractivity contribution is 0.566. The van der Waals surface area contributed by atoms with Gasteiger partial charge in [0.2, 0.25) is 0 Å². The molecule has 2 rings (SSSR count). The smallest absolute Gasteiger partial charge is 0.137 e. The van der Waals surface area contributed by atoms with Gasteiger partial charge in [0.1, 0.15) is 5.82 Å². The third-order valence-electron chi connectivity index (χ3n) is 2.93. The van der Waals surface area contributed by atoms with Crippen LogP contribution in [0, 0.1) is 5.82 Å². The highest BCUT2D eigenvalue weighted by atomic mass is 79.9. The molecule has 0 aliphatic carbocycles. The van der Waals surface area contributed by atoms with Crippen LogP contribution in [-0.2, 0) is 6.54 Å². The monoisotopic (exact) mass is 307 g/mol. The van der Waals surface area contributed by atoms with E-state index in [4.69, 9.17) is 0 Å². The number of nitrogens with one attached hydrogen (secondary N) is 1. The Labute approximate surface area is 115 Å². The molecule has 1 atom stereocenters. The Morgan fingerprint density at radius 2 is 1.83 bits per heavy atom. The Morgan fingerprint density at radius 1 is 1.11 bits per heavy atom. The molecule has 0 unspecified atom stereocenters. The quantitative estimate of drug-likeness (QED) is 0.880. The largest absolute Gasteiger partial charge is 0.306 e. The van der Waals surface area contributed by atoms with Crippen LogP contribution in [0.3, 0.4) is 0 Å². The first kappa shape index (κ1) is 13.2. The van der Waals surface area contributed by atoms with Crippen molar-refractivity contribution in [2.45, 2.75) is 19.5 Å². The first-order valence-electron chi connectivity index (χ1n) is 5.89. The normalized spacial score (nSPS) is 12.4. The van der Waals surface area contributed by atoms with Crippen LogP contribution in [0.2, 0.25) is 0 Å². The Kier molecular flexibility index (Phi) is 4.50. The minimum atomic E-state index is -0.221. The molecule has 0 aliphatic rings. The number of halogens is 2. The molecule has 0 aliphatic heterocycles. The molecule has 0 saturated heterocycles. The molecule has 0 amide bonds. The van der Waals surface area contributed by atoms with Crippen molar-refractivity contribution >= 4 is 15.9 Å². The average molecular weight is 308 g/mol. The average Bonchev–Trinajstić information content (AvgIpc) is 2.41. The van der Waals surface area contributed by atoms with Crippen LogP contribution in [0.5, 0.6) is 0 Å². The molecule has 0 fully saturated rings. The zero-order valence-electron chi connectivity index (χ0n) is 10.2. The summed E-state index contributed by atoms with van der Waals surface area (Å²) in [4.78, 5) is 0. The van der Waals surface area contributed by atoms with E-state index < -0.39 is 0 Å². The summed E-state index contributed by atoms with van der Waals surface area (Å²) in [6, 6.07) is 15.5. The Balaban J connectivity index is 2.02. The summed E-state index contributed by atoms with van der Waals surface area (Å²) in [7, 11) is 0. The predicted molar refractivity (Wildman–Crippen MR) is 75.8 cm³/mol. The second kappa shape index (κ2) is 6.12. The van der Waals surface area contributed by atoms with E-state index in [0.29, 0.717) is 11.0 Å². The van der Waals surface area contributed by atoms with Gasteiger partial charge in [0, 0.05) is 12.6 Å². The van der Waals surface area contributed by atoms with Gasteiger partial charge in [0.25, 0.3) is 0 Å². The van der Waals surface area contributed by atoms with Crippen molar-refractivity contribution in [2.24, 2.45) is 0 Å². The van der Waals surface area contributed by atoms with Crippen molar-refractivity contribution in [3.63, 3.8) is 0 Å².